The molecule has 2 aromatic carbocycles. The molecule has 0 saturated heterocycles. The van der Waals surface area contributed by atoms with Crippen LogP contribution in [-0.4, -0.2) is 25.0 Å². The van der Waals surface area contributed by atoms with Gasteiger partial charge in [-0.15, -0.1) is 0 Å². The second kappa shape index (κ2) is 7.86. The van der Waals surface area contributed by atoms with Gasteiger partial charge < -0.3 is 9.51 Å². The first-order valence-corrected chi connectivity index (χ1v) is 9.87. The summed E-state index contributed by atoms with van der Waals surface area (Å²) in [6.07, 6.45) is -2.26. The van der Waals surface area contributed by atoms with E-state index in [9.17, 15) is 17.6 Å². The Kier molecular flexibility index (Phi) is 5.01. The van der Waals surface area contributed by atoms with E-state index >= 15 is 0 Å². The van der Waals surface area contributed by atoms with E-state index in [1.165, 1.54) is 24.3 Å². The van der Waals surface area contributed by atoms with Crippen molar-refractivity contribution in [3.05, 3.63) is 89.1 Å². The SMILES string of the molecule is Fc1ccc(CN2Cc3[nH]cnc3C[C@H]2c2nc(-c3ccc(C(F)(F)F)cc3)no2)cc1. The lowest BCUT2D eigenvalue weighted by Crippen LogP contribution is -2.34. The van der Waals surface area contributed by atoms with E-state index in [0.29, 0.717) is 31.0 Å². The largest absolute Gasteiger partial charge is 0.416 e. The molecular weight excluding hydrogens is 426 g/mol. The normalized spacial score (nSPS) is 16.8. The molecule has 0 fully saturated rings. The van der Waals surface area contributed by atoms with Gasteiger partial charge >= 0.3 is 6.18 Å². The molecule has 0 amide bonds. The van der Waals surface area contributed by atoms with Crippen molar-refractivity contribution >= 4 is 0 Å². The number of rotatable bonds is 4. The zero-order valence-electron chi connectivity index (χ0n) is 16.6. The minimum absolute atomic E-state index is 0.211. The molecule has 0 aliphatic carbocycles. The van der Waals surface area contributed by atoms with Crippen LogP contribution in [0.5, 0.6) is 0 Å². The zero-order chi connectivity index (χ0) is 22.3. The number of aromatic amines is 1. The lowest BCUT2D eigenvalue weighted by Gasteiger charge is -2.32. The average Bonchev–Trinajstić information content (AvgIpc) is 3.43. The molecule has 1 N–H and O–H groups in total. The summed E-state index contributed by atoms with van der Waals surface area (Å²) in [5.41, 5.74) is 2.47. The number of aromatic nitrogens is 4. The number of hydrogen-bond acceptors (Lipinski definition) is 5. The van der Waals surface area contributed by atoms with Crippen LogP contribution in [0.3, 0.4) is 0 Å². The molecule has 0 spiro atoms. The fourth-order valence-corrected chi connectivity index (χ4v) is 3.82. The van der Waals surface area contributed by atoms with Crippen molar-refractivity contribution in [3.63, 3.8) is 0 Å². The van der Waals surface area contributed by atoms with E-state index in [4.69, 9.17) is 4.52 Å². The molecule has 0 bridgehead atoms. The number of imidazole rings is 1. The van der Waals surface area contributed by atoms with Crippen LogP contribution < -0.4 is 0 Å². The maximum atomic E-state index is 13.3. The summed E-state index contributed by atoms with van der Waals surface area (Å²) >= 11 is 0. The van der Waals surface area contributed by atoms with Crippen LogP contribution in [0.25, 0.3) is 11.4 Å². The topological polar surface area (TPSA) is 70.8 Å². The highest BCUT2D eigenvalue weighted by atomic mass is 19.4. The van der Waals surface area contributed by atoms with Crippen LogP contribution in [-0.2, 0) is 25.7 Å². The van der Waals surface area contributed by atoms with Crippen molar-refractivity contribution in [3.8, 4) is 11.4 Å². The van der Waals surface area contributed by atoms with Crippen molar-refractivity contribution < 1.29 is 22.1 Å². The quantitative estimate of drug-likeness (QED) is 0.454. The third-order valence-corrected chi connectivity index (χ3v) is 5.49. The number of halogens is 4. The van der Waals surface area contributed by atoms with Gasteiger partial charge in [0.2, 0.25) is 11.7 Å². The van der Waals surface area contributed by atoms with Crippen molar-refractivity contribution in [1.29, 1.82) is 0 Å². The van der Waals surface area contributed by atoms with Crippen LogP contribution in [0.2, 0.25) is 0 Å². The summed E-state index contributed by atoms with van der Waals surface area (Å²) < 4.78 is 57.3. The standard InChI is InChI=1S/C22H17F4N5O/c23-16-7-1-13(2-8-16)10-31-11-18-17(27-12-28-18)9-19(31)21-29-20(30-32-21)14-3-5-15(6-4-14)22(24,25)26/h1-8,12,19H,9-11H2,(H,27,28)/t19-/m0/s1. The summed E-state index contributed by atoms with van der Waals surface area (Å²) in [5, 5.41) is 3.98. The molecular formula is C22H17F4N5O. The highest BCUT2D eigenvalue weighted by Gasteiger charge is 2.34. The molecule has 1 aliphatic rings. The highest BCUT2D eigenvalue weighted by Crippen LogP contribution is 2.34. The lowest BCUT2D eigenvalue weighted by atomic mass is 10.0. The van der Waals surface area contributed by atoms with E-state index in [2.05, 4.69) is 25.0 Å². The summed E-state index contributed by atoms with van der Waals surface area (Å²) in [6, 6.07) is 10.6. The maximum absolute atomic E-state index is 13.3. The summed E-state index contributed by atoms with van der Waals surface area (Å²) in [6.45, 7) is 1.07. The fraction of sp³-hybridized carbons (Fsp3) is 0.227. The molecule has 164 valence electrons. The van der Waals surface area contributed by atoms with Crippen LogP contribution in [0.1, 0.15) is 34.4 Å². The van der Waals surface area contributed by atoms with Gasteiger partial charge in [0.15, 0.2) is 0 Å². The first-order chi connectivity index (χ1) is 15.4. The van der Waals surface area contributed by atoms with Crippen LogP contribution in [0.15, 0.2) is 59.4 Å². The molecule has 0 saturated carbocycles. The zero-order valence-corrected chi connectivity index (χ0v) is 16.6. The van der Waals surface area contributed by atoms with Gasteiger partial charge in [0.25, 0.3) is 0 Å². The van der Waals surface area contributed by atoms with Crippen molar-refractivity contribution in [2.75, 3.05) is 0 Å². The third kappa shape index (κ3) is 4.01. The molecule has 2 aromatic heterocycles. The van der Waals surface area contributed by atoms with Crippen molar-refractivity contribution in [2.24, 2.45) is 0 Å². The van der Waals surface area contributed by atoms with Gasteiger partial charge in [0.1, 0.15) is 5.82 Å². The minimum atomic E-state index is -4.41. The van der Waals surface area contributed by atoms with Crippen LogP contribution in [0.4, 0.5) is 17.6 Å². The Morgan fingerprint density at radius 3 is 2.53 bits per heavy atom. The molecule has 1 atom stereocenters. The Balaban J connectivity index is 1.42. The summed E-state index contributed by atoms with van der Waals surface area (Å²) in [7, 11) is 0. The van der Waals surface area contributed by atoms with Gasteiger partial charge in [-0.05, 0) is 29.8 Å². The summed E-state index contributed by atoms with van der Waals surface area (Å²) in [4.78, 5) is 14.1. The predicted molar refractivity (Wildman–Crippen MR) is 105 cm³/mol. The second-order valence-electron chi connectivity index (χ2n) is 7.61. The second-order valence-corrected chi connectivity index (χ2v) is 7.61. The molecule has 5 rings (SSSR count). The molecule has 6 nitrogen and oxygen atoms in total. The van der Waals surface area contributed by atoms with Crippen molar-refractivity contribution in [1.82, 2.24) is 25.0 Å². The molecule has 0 radical (unpaired) electrons. The molecule has 1 aliphatic heterocycles. The Morgan fingerprint density at radius 2 is 1.81 bits per heavy atom. The first kappa shape index (κ1) is 20.4. The number of benzene rings is 2. The Morgan fingerprint density at radius 1 is 1.06 bits per heavy atom. The molecule has 3 heterocycles. The Labute approximate surface area is 179 Å². The maximum Gasteiger partial charge on any atom is 0.416 e. The predicted octanol–water partition coefficient (Wildman–Crippen LogP) is 4.92. The van der Waals surface area contributed by atoms with Gasteiger partial charge in [0.05, 0.1) is 29.3 Å². The van der Waals surface area contributed by atoms with Gasteiger partial charge in [-0.1, -0.05) is 29.4 Å². The van der Waals surface area contributed by atoms with Crippen molar-refractivity contribution in [2.45, 2.75) is 31.7 Å². The van der Waals surface area contributed by atoms with E-state index in [0.717, 1.165) is 29.1 Å². The fourth-order valence-electron chi connectivity index (χ4n) is 3.82. The van der Waals surface area contributed by atoms with Gasteiger partial charge in [-0.2, -0.15) is 18.2 Å². The minimum Gasteiger partial charge on any atom is -0.347 e. The van der Waals surface area contributed by atoms with E-state index in [1.54, 1.807) is 18.5 Å². The van der Waals surface area contributed by atoms with Gasteiger partial charge in [0, 0.05) is 25.1 Å². The molecule has 4 aromatic rings. The number of fused-ring (bicyclic) bond motifs is 1. The Hall–Kier alpha value is -3.53. The van der Waals surface area contributed by atoms with E-state index in [1.807, 2.05) is 0 Å². The molecule has 10 heteroatoms. The van der Waals surface area contributed by atoms with Gasteiger partial charge in [-0.3, -0.25) is 4.90 Å². The van der Waals surface area contributed by atoms with Crippen LogP contribution in [0, 0.1) is 5.82 Å². The highest BCUT2D eigenvalue weighted by molar-refractivity contribution is 5.55. The monoisotopic (exact) mass is 443 g/mol. The average molecular weight is 443 g/mol. The Bertz CT molecular complexity index is 1210. The van der Waals surface area contributed by atoms with Crippen LogP contribution >= 0.6 is 0 Å². The number of hydrogen-bond donors (Lipinski definition) is 1. The summed E-state index contributed by atoms with van der Waals surface area (Å²) in [5.74, 6) is 0.247. The van der Waals surface area contributed by atoms with E-state index in [-0.39, 0.29) is 17.7 Å². The molecule has 0 unspecified atom stereocenters. The third-order valence-electron chi connectivity index (χ3n) is 5.49. The number of alkyl halides is 3. The number of nitrogens with one attached hydrogen (secondary N) is 1. The smallest absolute Gasteiger partial charge is 0.347 e. The molecule has 32 heavy (non-hydrogen) atoms. The van der Waals surface area contributed by atoms with E-state index < -0.39 is 11.7 Å². The first-order valence-electron chi connectivity index (χ1n) is 9.87. The number of H-pyrrole nitrogens is 1. The van der Waals surface area contributed by atoms with Gasteiger partial charge in [-0.25, -0.2) is 9.37 Å². The number of nitrogens with zero attached hydrogens (tertiary/aromatic N) is 4. The lowest BCUT2D eigenvalue weighted by molar-refractivity contribution is -0.137.